The normalized spacial score (nSPS) is 17.2. The molecule has 3 heteroatoms. The van der Waals surface area contributed by atoms with Gasteiger partial charge in [0.05, 0.1) is 0 Å². The molecule has 0 atom stereocenters. The first kappa shape index (κ1) is 12.3. The number of halogens is 2. The van der Waals surface area contributed by atoms with Crippen molar-refractivity contribution >= 4 is 33.2 Å². The van der Waals surface area contributed by atoms with Crippen molar-refractivity contribution in [2.45, 2.75) is 31.6 Å². The zero-order chi connectivity index (χ0) is 11.4. The highest BCUT2D eigenvalue weighted by Crippen LogP contribution is 2.28. The van der Waals surface area contributed by atoms with Crippen molar-refractivity contribution in [3.05, 3.63) is 28.2 Å². The molecule has 0 amide bonds. The predicted octanol–water partition coefficient (Wildman–Crippen LogP) is 4.57. The van der Waals surface area contributed by atoms with Gasteiger partial charge in [-0.25, -0.2) is 0 Å². The summed E-state index contributed by atoms with van der Waals surface area (Å²) in [6.45, 7) is 2.33. The van der Waals surface area contributed by atoms with Gasteiger partial charge in [0.25, 0.3) is 0 Å². The van der Waals surface area contributed by atoms with E-state index in [1.54, 1.807) is 0 Å². The minimum absolute atomic E-state index is 0.596. The topological polar surface area (TPSA) is 3.24 Å². The lowest BCUT2D eigenvalue weighted by Crippen LogP contribution is -2.24. The van der Waals surface area contributed by atoms with Crippen molar-refractivity contribution in [2.75, 3.05) is 18.0 Å². The van der Waals surface area contributed by atoms with Crippen LogP contribution in [0.15, 0.2) is 22.7 Å². The highest BCUT2D eigenvalue weighted by molar-refractivity contribution is 9.10. The Kier molecular flexibility index (Phi) is 4.54. The molecule has 1 nitrogen and oxygen atoms in total. The third-order valence-electron chi connectivity index (χ3n) is 3.14. The van der Waals surface area contributed by atoms with E-state index >= 15 is 0 Å². The van der Waals surface area contributed by atoms with Gasteiger partial charge in [0.1, 0.15) is 0 Å². The summed E-state index contributed by atoms with van der Waals surface area (Å²) in [6.07, 6.45) is 5.32. The van der Waals surface area contributed by atoms with Crippen LogP contribution in [0.3, 0.4) is 0 Å². The summed E-state index contributed by atoms with van der Waals surface area (Å²) in [6, 6.07) is 6.39. The standard InChI is InChI=1S/C13H17BrClN/c14-12-6-5-11(10-15)13(9-12)16-7-3-1-2-4-8-16/h5-6,9H,1-4,7-8,10H2. The summed E-state index contributed by atoms with van der Waals surface area (Å²) < 4.78 is 1.14. The van der Waals surface area contributed by atoms with Crippen LogP contribution < -0.4 is 4.90 Å². The summed E-state index contributed by atoms with van der Waals surface area (Å²) in [5, 5.41) is 0. The van der Waals surface area contributed by atoms with Gasteiger partial charge >= 0.3 is 0 Å². The van der Waals surface area contributed by atoms with Gasteiger partial charge in [0, 0.05) is 29.1 Å². The molecule has 0 aliphatic carbocycles. The van der Waals surface area contributed by atoms with Gasteiger partial charge in [-0.05, 0) is 30.5 Å². The summed E-state index contributed by atoms with van der Waals surface area (Å²) in [5.41, 5.74) is 2.55. The smallest absolute Gasteiger partial charge is 0.0494 e. The molecule has 0 bridgehead atoms. The average Bonchev–Trinajstić information content (AvgIpc) is 2.57. The molecule has 0 spiro atoms. The van der Waals surface area contributed by atoms with E-state index in [4.69, 9.17) is 11.6 Å². The van der Waals surface area contributed by atoms with Crippen LogP contribution in [0.5, 0.6) is 0 Å². The first-order chi connectivity index (χ1) is 7.81. The minimum atomic E-state index is 0.596. The lowest BCUT2D eigenvalue weighted by molar-refractivity contribution is 0.726. The van der Waals surface area contributed by atoms with Crippen LogP contribution in [-0.4, -0.2) is 13.1 Å². The molecule has 1 aromatic rings. The van der Waals surface area contributed by atoms with Gasteiger partial charge < -0.3 is 4.90 Å². The molecule has 1 aromatic carbocycles. The number of rotatable bonds is 2. The van der Waals surface area contributed by atoms with E-state index in [1.807, 2.05) is 0 Å². The van der Waals surface area contributed by atoms with Crippen molar-refractivity contribution in [2.24, 2.45) is 0 Å². The van der Waals surface area contributed by atoms with Gasteiger partial charge in [-0.15, -0.1) is 11.6 Å². The summed E-state index contributed by atoms with van der Waals surface area (Å²) >= 11 is 9.54. The lowest BCUT2D eigenvalue weighted by atomic mass is 10.1. The number of hydrogen-bond donors (Lipinski definition) is 0. The molecule has 0 aromatic heterocycles. The quantitative estimate of drug-likeness (QED) is 0.723. The molecule has 1 aliphatic rings. The van der Waals surface area contributed by atoms with Crippen molar-refractivity contribution < 1.29 is 0 Å². The predicted molar refractivity (Wildman–Crippen MR) is 74.4 cm³/mol. The number of hydrogen-bond acceptors (Lipinski definition) is 1. The monoisotopic (exact) mass is 301 g/mol. The van der Waals surface area contributed by atoms with E-state index in [0.717, 1.165) is 4.47 Å². The Bertz CT molecular complexity index is 346. The average molecular weight is 303 g/mol. The first-order valence-corrected chi connectivity index (χ1v) is 7.23. The maximum atomic E-state index is 6.00. The molecule has 16 heavy (non-hydrogen) atoms. The fourth-order valence-corrected chi connectivity index (χ4v) is 2.83. The van der Waals surface area contributed by atoms with E-state index < -0.39 is 0 Å². The molecule has 1 heterocycles. The molecule has 1 aliphatic heterocycles. The van der Waals surface area contributed by atoms with Crippen LogP contribution in [0.1, 0.15) is 31.2 Å². The highest BCUT2D eigenvalue weighted by atomic mass is 79.9. The van der Waals surface area contributed by atoms with Crippen molar-refractivity contribution in [1.29, 1.82) is 0 Å². The Labute approximate surface area is 111 Å². The van der Waals surface area contributed by atoms with Gasteiger partial charge in [0.2, 0.25) is 0 Å². The fraction of sp³-hybridized carbons (Fsp3) is 0.538. The van der Waals surface area contributed by atoms with Gasteiger partial charge in [-0.2, -0.15) is 0 Å². The molecule has 1 saturated heterocycles. The van der Waals surface area contributed by atoms with Crippen molar-refractivity contribution in [3.8, 4) is 0 Å². The van der Waals surface area contributed by atoms with Gasteiger partial charge in [-0.1, -0.05) is 34.8 Å². The van der Waals surface area contributed by atoms with Gasteiger partial charge in [0.15, 0.2) is 0 Å². The second-order valence-corrected chi connectivity index (χ2v) is 5.49. The van der Waals surface area contributed by atoms with Crippen LogP contribution in [0, 0.1) is 0 Å². The first-order valence-electron chi connectivity index (χ1n) is 5.90. The third kappa shape index (κ3) is 2.92. The van der Waals surface area contributed by atoms with E-state index in [0.29, 0.717) is 5.88 Å². The van der Waals surface area contributed by atoms with Crippen LogP contribution >= 0.6 is 27.5 Å². The third-order valence-corrected chi connectivity index (χ3v) is 3.92. The summed E-state index contributed by atoms with van der Waals surface area (Å²) in [5.74, 6) is 0.596. The van der Waals surface area contributed by atoms with E-state index in [2.05, 4.69) is 39.0 Å². The number of benzene rings is 1. The van der Waals surface area contributed by atoms with Crippen molar-refractivity contribution in [3.63, 3.8) is 0 Å². The maximum Gasteiger partial charge on any atom is 0.0494 e. The molecule has 2 rings (SSSR count). The number of alkyl halides is 1. The van der Waals surface area contributed by atoms with Crippen LogP contribution in [-0.2, 0) is 5.88 Å². The largest absolute Gasteiger partial charge is 0.371 e. The Morgan fingerprint density at radius 2 is 1.81 bits per heavy atom. The minimum Gasteiger partial charge on any atom is -0.371 e. The van der Waals surface area contributed by atoms with E-state index in [9.17, 15) is 0 Å². The van der Waals surface area contributed by atoms with Crippen molar-refractivity contribution in [1.82, 2.24) is 0 Å². The summed E-state index contributed by atoms with van der Waals surface area (Å²) in [4.78, 5) is 2.48. The lowest BCUT2D eigenvalue weighted by Gasteiger charge is -2.25. The molecular weight excluding hydrogens is 286 g/mol. The fourth-order valence-electron chi connectivity index (χ4n) is 2.26. The maximum absolute atomic E-state index is 6.00. The van der Waals surface area contributed by atoms with E-state index in [1.165, 1.54) is 50.0 Å². The highest BCUT2D eigenvalue weighted by Gasteiger charge is 2.13. The second-order valence-electron chi connectivity index (χ2n) is 4.31. The number of nitrogens with zero attached hydrogens (tertiary/aromatic N) is 1. The molecule has 0 saturated carbocycles. The SMILES string of the molecule is ClCc1ccc(Br)cc1N1CCCCCC1. The Hall–Kier alpha value is -0.210. The zero-order valence-corrected chi connectivity index (χ0v) is 11.7. The molecule has 88 valence electrons. The van der Waals surface area contributed by atoms with E-state index in [-0.39, 0.29) is 0 Å². The second kappa shape index (κ2) is 5.92. The number of anilines is 1. The van der Waals surface area contributed by atoms with Crippen LogP contribution in [0.25, 0.3) is 0 Å². The molecule has 1 fully saturated rings. The molecule has 0 unspecified atom stereocenters. The molecule has 0 radical (unpaired) electrons. The Morgan fingerprint density at radius 3 is 2.44 bits per heavy atom. The van der Waals surface area contributed by atoms with Crippen LogP contribution in [0.2, 0.25) is 0 Å². The summed E-state index contributed by atoms with van der Waals surface area (Å²) in [7, 11) is 0. The van der Waals surface area contributed by atoms with Crippen LogP contribution in [0.4, 0.5) is 5.69 Å². The van der Waals surface area contributed by atoms with Gasteiger partial charge in [-0.3, -0.25) is 0 Å². The molecule has 0 N–H and O–H groups in total. The zero-order valence-electron chi connectivity index (χ0n) is 9.38. The molecular formula is C13H17BrClN. The Balaban J connectivity index is 2.25. The Morgan fingerprint density at radius 1 is 1.12 bits per heavy atom.